The number of aromatic hydroxyl groups is 1. The minimum atomic E-state index is -0.230. The molecule has 0 aromatic heterocycles. The highest BCUT2D eigenvalue weighted by Gasteiger charge is 2.27. The van der Waals surface area contributed by atoms with Crippen LogP contribution in [-0.4, -0.2) is 43.1 Å². The van der Waals surface area contributed by atoms with Gasteiger partial charge in [-0.05, 0) is 56.4 Å². The monoisotopic (exact) mass is 348 g/mol. The predicted molar refractivity (Wildman–Crippen MR) is 106 cm³/mol. The quantitative estimate of drug-likeness (QED) is 0.762. The topological polar surface area (TPSA) is 52.6 Å². The average Bonchev–Trinajstić information content (AvgIpc) is 2.44. The molecule has 4 nitrogen and oxygen atoms in total. The first-order valence-electron chi connectivity index (χ1n) is 9.15. The van der Waals surface area contributed by atoms with Gasteiger partial charge in [0.2, 0.25) is 0 Å². The van der Waals surface area contributed by atoms with Gasteiger partial charge in [-0.15, -0.1) is 0 Å². The summed E-state index contributed by atoms with van der Waals surface area (Å²) in [6.45, 7) is 14.0. The van der Waals surface area contributed by atoms with Gasteiger partial charge in [0.1, 0.15) is 5.75 Å². The van der Waals surface area contributed by atoms with E-state index in [0.29, 0.717) is 17.9 Å². The highest BCUT2D eigenvalue weighted by Crippen LogP contribution is 2.39. The molecule has 0 aliphatic rings. The molecule has 2 N–H and O–H groups in total. The Morgan fingerprint density at radius 1 is 1.00 bits per heavy atom. The highest BCUT2D eigenvalue weighted by molar-refractivity contribution is 5.95. The molecule has 142 valence electrons. The van der Waals surface area contributed by atoms with Crippen LogP contribution in [-0.2, 0) is 10.8 Å². The van der Waals surface area contributed by atoms with Gasteiger partial charge in [-0.25, -0.2) is 0 Å². The molecule has 1 aromatic rings. The lowest BCUT2D eigenvalue weighted by Crippen LogP contribution is -2.27. The molecule has 25 heavy (non-hydrogen) atoms. The second-order valence-electron chi connectivity index (χ2n) is 9.19. The van der Waals surface area contributed by atoms with Crippen molar-refractivity contribution in [1.29, 1.82) is 0 Å². The molecule has 1 aromatic carbocycles. The van der Waals surface area contributed by atoms with Crippen LogP contribution in [0.5, 0.6) is 5.75 Å². The van der Waals surface area contributed by atoms with Crippen molar-refractivity contribution in [2.45, 2.75) is 65.2 Å². The van der Waals surface area contributed by atoms with Crippen LogP contribution in [0.3, 0.4) is 0 Å². The second-order valence-corrected chi connectivity index (χ2v) is 9.19. The number of hydrogen-bond donors (Lipinski definition) is 2. The summed E-state index contributed by atoms with van der Waals surface area (Å²) >= 11 is 0. The fourth-order valence-corrected chi connectivity index (χ4v) is 2.77. The maximum Gasteiger partial charge on any atom is 0.251 e. The standard InChI is InChI=1S/C21H36N2O2/c1-20(2,3)16-13-15(14-17(18(16)24)21(4,5)6)19(25)22-11-9-10-12-23(7)8/h13-14,24H,9-12H2,1-8H3,(H,22,25). The summed E-state index contributed by atoms with van der Waals surface area (Å²) in [6.07, 6.45) is 2.02. The van der Waals surface area contributed by atoms with E-state index in [9.17, 15) is 9.90 Å². The van der Waals surface area contributed by atoms with Crippen LogP contribution < -0.4 is 5.32 Å². The predicted octanol–water partition coefficient (Wildman–Crippen LogP) is 4.06. The van der Waals surface area contributed by atoms with Crippen LogP contribution in [0.25, 0.3) is 0 Å². The van der Waals surface area contributed by atoms with Crippen LogP contribution in [0.15, 0.2) is 12.1 Å². The molecule has 4 heteroatoms. The van der Waals surface area contributed by atoms with E-state index in [-0.39, 0.29) is 16.7 Å². The van der Waals surface area contributed by atoms with Gasteiger partial charge in [0.05, 0.1) is 0 Å². The van der Waals surface area contributed by atoms with Gasteiger partial charge in [0.25, 0.3) is 5.91 Å². The molecule has 1 rings (SSSR count). The molecule has 0 saturated carbocycles. The molecule has 0 unspecified atom stereocenters. The molecule has 0 fully saturated rings. The van der Waals surface area contributed by atoms with Crippen LogP contribution in [0, 0.1) is 0 Å². The largest absolute Gasteiger partial charge is 0.507 e. The summed E-state index contributed by atoms with van der Waals surface area (Å²) in [5.74, 6) is 0.239. The highest BCUT2D eigenvalue weighted by atomic mass is 16.3. The van der Waals surface area contributed by atoms with Gasteiger partial charge >= 0.3 is 0 Å². The third kappa shape index (κ3) is 6.35. The Labute approximate surface area is 153 Å². The van der Waals surface area contributed by atoms with Crippen LogP contribution in [0.1, 0.15) is 75.9 Å². The molecule has 0 aliphatic carbocycles. The molecule has 0 bridgehead atoms. The zero-order chi connectivity index (χ0) is 19.4. The van der Waals surface area contributed by atoms with Gasteiger partial charge in [-0.2, -0.15) is 0 Å². The number of hydrogen-bond acceptors (Lipinski definition) is 3. The molecule has 0 aliphatic heterocycles. The Morgan fingerprint density at radius 2 is 1.48 bits per heavy atom. The Bertz CT molecular complexity index is 558. The molecular formula is C21H36N2O2. The van der Waals surface area contributed by atoms with E-state index in [1.807, 2.05) is 12.1 Å². The zero-order valence-corrected chi connectivity index (χ0v) is 17.3. The first-order valence-corrected chi connectivity index (χ1v) is 9.15. The summed E-state index contributed by atoms with van der Waals surface area (Å²) in [6, 6.07) is 3.67. The lowest BCUT2D eigenvalue weighted by atomic mass is 9.78. The SMILES string of the molecule is CN(C)CCCCNC(=O)c1cc(C(C)(C)C)c(O)c(C(C)(C)C)c1. The minimum Gasteiger partial charge on any atom is -0.507 e. The minimum absolute atomic E-state index is 0.0687. The molecule has 0 spiro atoms. The molecule has 0 radical (unpaired) electrons. The number of amides is 1. The summed E-state index contributed by atoms with van der Waals surface area (Å²) in [7, 11) is 4.11. The first kappa shape index (κ1) is 21.5. The van der Waals surface area contributed by atoms with Gasteiger partial charge < -0.3 is 15.3 Å². The van der Waals surface area contributed by atoms with E-state index in [4.69, 9.17) is 0 Å². The van der Waals surface area contributed by atoms with Gasteiger partial charge in [0.15, 0.2) is 0 Å². The van der Waals surface area contributed by atoms with Crippen molar-refractivity contribution in [3.05, 3.63) is 28.8 Å². The molecule has 0 saturated heterocycles. The maximum atomic E-state index is 12.6. The van der Waals surface area contributed by atoms with Crippen LogP contribution in [0.2, 0.25) is 0 Å². The Kier molecular flexibility index (Phi) is 7.07. The number of nitrogens with one attached hydrogen (secondary N) is 1. The summed E-state index contributed by atoms with van der Waals surface area (Å²) in [5, 5.41) is 13.7. The van der Waals surface area contributed by atoms with E-state index in [1.165, 1.54) is 0 Å². The van der Waals surface area contributed by atoms with E-state index in [2.05, 4.69) is 65.9 Å². The number of phenols is 1. The number of unbranched alkanes of at least 4 members (excludes halogenated alkanes) is 1. The van der Waals surface area contributed by atoms with Crippen LogP contribution in [0.4, 0.5) is 0 Å². The molecular weight excluding hydrogens is 312 g/mol. The zero-order valence-electron chi connectivity index (χ0n) is 17.3. The number of rotatable bonds is 6. The number of carbonyl (C=O) groups excluding carboxylic acids is 1. The van der Waals surface area contributed by atoms with E-state index in [0.717, 1.165) is 30.5 Å². The summed E-state index contributed by atoms with van der Waals surface area (Å²) < 4.78 is 0. The first-order chi connectivity index (χ1) is 11.3. The Hall–Kier alpha value is -1.55. The van der Waals surface area contributed by atoms with Crippen molar-refractivity contribution in [3.63, 3.8) is 0 Å². The third-order valence-corrected chi connectivity index (χ3v) is 4.31. The average molecular weight is 349 g/mol. The van der Waals surface area contributed by atoms with Crippen LogP contribution >= 0.6 is 0 Å². The number of carbonyl (C=O) groups is 1. The van der Waals surface area contributed by atoms with Crippen molar-refractivity contribution in [1.82, 2.24) is 10.2 Å². The maximum absolute atomic E-state index is 12.6. The number of phenolic OH excluding ortho intramolecular Hbond substituents is 1. The van der Waals surface area contributed by atoms with Crippen molar-refractivity contribution in [2.24, 2.45) is 0 Å². The third-order valence-electron chi connectivity index (χ3n) is 4.31. The Balaban J connectivity index is 3.01. The fraction of sp³-hybridized carbons (Fsp3) is 0.667. The second kappa shape index (κ2) is 8.22. The van der Waals surface area contributed by atoms with E-state index in [1.54, 1.807) is 0 Å². The van der Waals surface area contributed by atoms with Crippen molar-refractivity contribution in [3.8, 4) is 5.75 Å². The molecule has 1 amide bonds. The smallest absolute Gasteiger partial charge is 0.251 e. The number of benzene rings is 1. The summed E-state index contributed by atoms with van der Waals surface area (Å²) in [4.78, 5) is 14.8. The molecule has 0 heterocycles. The van der Waals surface area contributed by atoms with Gasteiger partial charge in [-0.1, -0.05) is 41.5 Å². The van der Waals surface area contributed by atoms with Crippen molar-refractivity contribution in [2.75, 3.05) is 27.2 Å². The summed E-state index contributed by atoms with van der Waals surface area (Å²) in [5.41, 5.74) is 1.80. The van der Waals surface area contributed by atoms with Gasteiger partial charge in [0, 0.05) is 23.2 Å². The van der Waals surface area contributed by atoms with Crippen molar-refractivity contribution < 1.29 is 9.90 Å². The lowest BCUT2D eigenvalue weighted by molar-refractivity contribution is 0.0952. The number of nitrogens with zero attached hydrogens (tertiary/aromatic N) is 1. The Morgan fingerprint density at radius 3 is 1.88 bits per heavy atom. The van der Waals surface area contributed by atoms with Crippen molar-refractivity contribution >= 4 is 5.91 Å². The molecule has 0 atom stereocenters. The normalized spacial score (nSPS) is 12.5. The van der Waals surface area contributed by atoms with E-state index >= 15 is 0 Å². The van der Waals surface area contributed by atoms with E-state index < -0.39 is 0 Å². The lowest BCUT2D eigenvalue weighted by Gasteiger charge is -2.28. The van der Waals surface area contributed by atoms with Gasteiger partial charge in [-0.3, -0.25) is 4.79 Å². The fourth-order valence-electron chi connectivity index (χ4n) is 2.77.